The highest BCUT2D eigenvalue weighted by Crippen LogP contribution is 2.45. The lowest BCUT2D eigenvalue weighted by Gasteiger charge is -2.21. The van der Waals surface area contributed by atoms with Crippen LogP contribution in [0, 0.1) is 11.8 Å². The molecule has 0 aliphatic heterocycles. The summed E-state index contributed by atoms with van der Waals surface area (Å²) < 4.78 is 68.4. The van der Waals surface area contributed by atoms with Gasteiger partial charge in [0.05, 0.1) is 26.4 Å². The van der Waals surface area contributed by atoms with Crippen LogP contribution < -0.4 is 0 Å². The molecule has 0 aliphatic carbocycles. The van der Waals surface area contributed by atoms with Gasteiger partial charge < -0.3 is 33.8 Å². The average molecular weight is 1440 g/mol. The van der Waals surface area contributed by atoms with E-state index in [0.717, 1.165) is 102 Å². The zero-order valence-electron chi connectivity index (χ0n) is 64.1. The molecule has 0 saturated carbocycles. The third kappa shape index (κ3) is 71.1. The molecule has 17 nitrogen and oxygen atoms in total. The number of phosphoric acid groups is 2. The van der Waals surface area contributed by atoms with Gasteiger partial charge in [-0.3, -0.25) is 37.3 Å². The number of aliphatic hydroxyl groups excluding tert-OH is 1. The summed E-state index contributed by atoms with van der Waals surface area (Å²) in [6.45, 7) is 9.55. The molecule has 0 fully saturated rings. The van der Waals surface area contributed by atoms with Crippen LogP contribution in [0.1, 0.15) is 414 Å². The Morgan fingerprint density at radius 2 is 0.520 bits per heavy atom. The minimum absolute atomic E-state index is 0.102. The van der Waals surface area contributed by atoms with Crippen molar-refractivity contribution in [3.05, 3.63) is 0 Å². The zero-order valence-corrected chi connectivity index (χ0v) is 65.9. The Morgan fingerprint density at radius 1 is 0.296 bits per heavy atom. The Morgan fingerprint density at radius 3 is 0.776 bits per heavy atom. The van der Waals surface area contributed by atoms with Gasteiger partial charge in [-0.25, -0.2) is 9.13 Å². The van der Waals surface area contributed by atoms with Gasteiger partial charge in [0.2, 0.25) is 0 Å². The fraction of sp³-hybridized carbons (Fsp3) is 0.949. The number of hydrogen-bond donors (Lipinski definition) is 3. The summed E-state index contributed by atoms with van der Waals surface area (Å²) >= 11 is 0. The second kappa shape index (κ2) is 70.7. The number of unbranched alkanes of at least 4 members (excludes halogenated alkanes) is 47. The lowest BCUT2D eigenvalue weighted by molar-refractivity contribution is -0.161. The number of aliphatic hydroxyl groups is 1. The minimum Gasteiger partial charge on any atom is -0.462 e. The highest BCUT2D eigenvalue weighted by molar-refractivity contribution is 7.47. The Hall–Kier alpha value is -1.94. The van der Waals surface area contributed by atoms with Crippen molar-refractivity contribution in [2.45, 2.75) is 432 Å². The van der Waals surface area contributed by atoms with E-state index in [0.29, 0.717) is 31.6 Å². The number of hydrogen-bond acceptors (Lipinski definition) is 15. The van der Waals surface area contributed by atoms with Crippen LogP contribution in [-0.2, 0) is 65.4 Å². The molecule has 0 heterocycles. The summed E-state index contributed by atoms with van der Waals surface area (Å²) in [6.07, 6.45) is 60.1. The second-order valence-corrected chi connectivity index (χ2v) is 32.1. The summed E-state index contributed by atoms with van der Waals surface area (Å²) in [7, 11) is -9.91. The van der Waals surface area contributed by atoms with E-state index in [4.69, 9.17) is 37.0 Å². The maximum atomic E-state index is 13.1. The predicted molar refractivity (Wildman–Crippen MR) is 400 cm³/mol. The van der Waals surface area contributed by atoms with Crippen molar-refractivity contribution < 1.29 is 80.2 Å². The highest BCUT2D eigenvalue weighted by Gasteiger charge is 2.30. The van der Waals surface area contributed by atoms with Crippen molar-refractivity contribution >= 4 is 39.5 Å². The van der Waals surface area contributed by atoms with Gasteiger partial charge in [0, 0.05) is 25.7 Å². The zero-order chi connectivity index (χ0) is 72.1. The van der Waals surface area contributed by atoms with Gasteiger partial charge >= 0.3 is 39.5 Å². The first-order valence-corrected chi connectivity index (χ1v) is 44.0. The second-order valence-electron chi connectivity index (χ2n) is 29.2. The van der Waals surface area contributed by atoms with E-state index in [1.54, 1.807) is 0 Å². The molecular formula is C79H154O17P2. The molecule has 3 unspecified atom stereocenters. The van der Waals surface area contributed by atoms with Crippen molar-refractivity contribution in [2.75, 3.05) is 39.6 Å². The molecule has 0 aliphatic rings. The van der Waals surface area contributed by atoms with Crippen LogP contribution in [0.3, 0.4) is 0 Å². The molecule has 0 radical (unpaired) electrons. The van der Waals surface area contributed by atoms with Gasteiger partial charge in [-0.15, -0.1) is 0 Å². The molecule has 98 heavy (non-hydrogen) atoms. The summed E-state index contributed by atoms with van der Waals surface area (Å²) in [5.74, 6) is -0.580. The van der Waals surface area contributed by atoms with E-state index in [1.807, 2.05) is 0 Å². The lowest BCUT2D eigenvalue weighted by Crippen LogP contribution is -2.30. The van der Waals surface area contributed by atoms with Crippen LogP contribution in [0.5, 0.6) is 0 Å². The van der Waals surface area contributed by atoms with Crippen molar-refractivity contribution in [2.24, 2.45) is 11.8 Å². The molecule has 0 amide bonds. The number of rotatable bonds is 78. The van der Waals surface area contributed by atoms with E-state index < -0.39 is 97.5 Å². The molecule has 0 aromatic rings. The van der Waals surface area contributed by atoms with Gasteiger partial charge in [0.25, 0.3) is 0 Å². The Labute approximate surface area is 600 Å². The number of carbonyl (C=O) groups is 4. The van der Waals surface area contributed by atoms with Crippen molar-refractivity contribution in [1.29, 1.82) is 0 Å². The molecule has 0 bridgehead atoms. The molecule has 3 N–H and O–H groups in total. The van der Waals surface area contributed by atoms with E-state index in [2.05, 4.69) is 41.5 Å². The monoisotopic (exact) mass is 1440 g/mol. The summed E-state index contributed by atoms with van der Waals surface area (Å²) in [6, 6.07) is 0. The molecule has 0 saturated heterocycles. The van der Waals surface area contributed by atoms with E-state index in [1.165, 1.54) is 225 Å². The van der Waals surface area contributed by atoms with E-state index in [-0.39, 0.29) is 25.7 Å². The molecule has 0 spiro atoms. The molecular weight excluding hydrogens is 1280 g/mol. The maximum Gasteiger partial charge on any atom is 0.472 e. The molecule has 6 atom stereocenters. The van der Waals surface area contributed by atoms with Crippen LogP contribution in [-0.4, -0.2) is 96.7 Å². The molecule has 19 heteroatoms. The van der Waals surface area contributed by atoms with Crippen LogP contribution in [0.2, 0.25) is 0 Å². The summed E-state index contributed by atoms with van der Waals surface area (Å²) in [5, 5.41) is 10.6. The molecule has 0 aromatic heterocycles. The SMILES string of the molecule is CCCCCCCCCCCCCCCCCCCCCC(=O)OC[C@H](COP(=O)(O)OC[C@@H](O)COP(=O)(O)OC[C@@H](COC(=O)CCCCCCCCCC)OC(=O)CCCCCCCCC(C)C)OC(=O)CCCCCCCCCCCCCCCCCCCCC(C)CC. The highest BCUT2D eigenvalue weighted by atomic mass is 31.2. The summed E-state index contributed by atoms with van der Waals surface area (Å²) in [4.78, 5) is 72.7. The van der Waals surface area contributed by atoms with Gasteiger partial charge in [-0.2, -0.15) is 0 Å². The average Bonchev–Trinajstić information content (AvgIpc) is 1.44. The van der Waals surface area contributed by atoms with Gasteiger partial charge in [0.1, 0.15) is 19.3 Å². The smallest absolute Gasteiger partial charge is 0.462 e. The maximum absolute atomic E-state index is 13.1. The predicted octanol–water partition coefficient (Wildman–Crippen LogP) is 23.5. The first-order chi connectivity index (χ1) is 47.4. The molecule has 0 aromatic carbocycles. The number of esters is 4. The molecule has 0 rings (SSSR count). The quantitative estimate of drug-likeness (QED) is 0.0222. The van der Waals surface area contributed by atoms with Crippen LogP contribution in [0.4, 0.5) is 0 Å². The van der Waals surface area contributed by atoms with E-state index >= 15 is 0 Å². The van der Waals surface area contributed by atoms with Gasteiger partial charge in [0.15, 0.2) is 12.2 Å². The fourth-order valence-electron chi connectivity index (χ4n) is 12.2. The van der Waals surface area contributed by atoms with Crippen molar-refractivity contribution in [3.8, 4) is 0 Å². The third-order valence-electron chi connectivity index (χ3n) is 18.8. The lowest BCUT2D eigenvalue weighted by atomic mass is 9.99. The van der Waals surface area contributed by atoms with Crippen LogP contribution in [0.15, 0.2) is 0 Å². The first-order valence-electron chi connectivity index (χ1n) is 41.0. The molecule has 582 valence electrons. The Kier molecular flexibility index (Phi) is 69.3. The fourth-order valence-corrected chi connectivity index (χ4v) is 13.7. The van der Waals surface area contributed by atoms with Gasteiger partial charge in [-0.1, -0.05) is 363 Å². The largest absolute Gasteiger partial charge is 0.472 e. The van der Waals surface area contributed by atoms with Crippen LogP contribution >= 0.6 is 15.6 Å². The topological polar surface area (TPSA) is 237 Å². The van der Waals surface area contributed by atoms with Crippen LogP contribution in [0.25, 0.3) is 0 Å². The number of carbonyl (C=O) groups excluding carboxylic acids is 4. The Balaban J connectivity index is 5.14. The van der Waals surface area contributed by atoms with E-state index in [9.17, 15) is 43.2 Å². The van der Waals surface area contributed by atoms with Crippen molar-refractivity contribution in [1.82, 2.24) is 0 Å². The number of phosphoric ester groups is 2. The van der Waals surface area contributed by atoms with Gasteiger partial charge in [-0.05, 0) is 37.5 Å². The summed E-state index contributed by atoms with van der Waals surface area (Å²) in [5.41, 5.74) is 0. The normalized spacial score (nSPS) is 14.2. The Bertz CT molecular complexity index is 1890. The standard InChI is InChI=1S/C79H154O17P2/c1-7-10-12-14-16-18-19-20-21-22-23-27-30-33-36-39-43-50-56-62-77(82)90-67-74(95-78(83)63-57-51-44-40-37-34-31-28-25-24-26-29-32-35-38-41-48-54-60-72(6)9-3)69-93-97(85,86)91-65-73(80)66-92-98(87,88)94-70-75(68-89-76(81)61-55-49-42-17-15-13-11-8-2)96-79(84)64-58-52-46-45-47-53-59-71(4)5/h71-75,80H,7-70H2,1-6H3,(H,85,86)(H,87,88)/t72?,73-,74-,75-/m1/s1. The van der Waals surface area contributed by atoms with Crippen molar-refractivity contribution in [3.63, 3.8) is 0 Å². The first kappa shape index (κ1) is 96.1. The third-order valence-corrected chi connectivity index (χ3v) is 20.7. The minimum atomic E-state index is -4.96. The number of ether oxygens (including phenoxy) is 4.